The molecule has 0 aliphatic carbocycles. The number of halogens is 1. The maximum Gasteiger partial charge on any atom is 0.315 e. The van der Waals surface area contributed by atoms with Gasteiger partial charge in [0.15, 0.2) is 0 Å². The molecule has 0 saturated carbocycles. The highest BCUT2D eigenvalue weighted by Crippen LogP contribution is 2.22. The molecule has 0 aliphatic rings. The van der Waals surface area contributed by atoms with E-state index in [1.165, 1.54) is 6.26 Å². The zero-order valence-corrected chi connectivity index (χ0v) is 14.2. The van der Waals surface area contributed by atoms with Gasteiger partial charge in [0.1, 0.15) is 5.76 Å². The smallest absolute Gasteiger partial charge is 0.315 e. The van der Waals surface area contributed by atoms with E-state index in [1.54, 1.807) is 12.1 Å². The van der Waals surface area contributed by atoms with Crippen LogP contribution in [-0.2, 0) is 11.3 Å². The molecule has 1 atom stereocenters. The summed E-state index contributed by atoms with van der Waals surface area (Å²) in [6.07, 6.45) is 1.54. The van der Waals surface area contributed by atoms with Crippen LogP contribution in [0.25, 0.3) is 0 Å². The van der Waals surface area contributed by atoms with E-state index in [2.05, 4.69) is 31.9 Å². The predicted octanol–water partition coefficient (Wildman–Crippen LogP) is 2.72. The third kappa shape index (κ3) is 5.45. The van der Waals surface area contributed by atoms with Gasteiger partial charge in [-0.3, -0.25) is 4.79 Å². The van der Waals surface area contributed by atoms with Crippen LogP contribution in [0, 0.1) is 0 Å². The summed E-state index contributed by atoms with van der Waals surface area (Å²) in [4.78, 5) is 23.5. The van der Waals surface area contributed by atoms with Gasteiger partial charge in [-0.2, -0.15) is 0 Å². The summed E-state index contributed by atoms with van der Waals surface area (Å²) in [6.45, 7) is 2.06. The van der Waals surface area contributed by atoms with Crippen LogP contribution in [0.3, 0.4) is 0 Å². The lowest BCUT2D eigenvalue weighted by molar-refractivity contribution is -0.120. The summed E-state index contributed by atoms with van der Waals surface area (Å²) < 4.78 is 6.02. The third-order valence-corrected chi connectivity index (χ3v) is 3.89. The number of carbonyl (C=O) groups is 2. The molecule has 3 N–H and O–H groups in total. The SMILES string of the molecule is CC(NC(=O)NCC(=O)NCc1ccco1)c1ccccc1Br. The van der Waals surface area contributed by atoms with Gasteiger partial charge in [0.05, 0.1) is 25.4 Å². The minimum Gasteiger partial charge on any atom is -0.467 e. The Bertz CT molecular complexity index is 658. The highest BCUT2D eigenvalue weighted by Gasteiger charge is 2.12. The minimum absolute atomic E-state index is 0.102. The van der Waals surface area contributed by atoms with E-state index in [0.29, 0.717) is 12.3 Å². The van der Waals surface area contributed by atoms with Crippen molar-refractivity contribution in [2.75, 3.05) is 6.54 Å². The lowest BCUT2D eigenvalue weighted by Crippen LogP contribution is -2.42. The number of amides is 3. The molecule has 2 rings (SSSR count). The molecular formula is C16H18BrN3O3. The van der Waals surface area contributed by atoms with Crippen LogP contribution < -0.4 is 16.0 Å². The van der Waals surface area contributed by atoms with E-state index in [4.69, 9.17) is 4.42 Å². The summed E-state index contributed by atoms with van der Waals surface area (Å²) in [7, 11) is 0. The molecule has 7 heteroatoms. The number of urea groups is 1. The fourth-order valence-corrected chi connectivity index (χ4v) is 2.60. The van der Waals surface area contributed by atoms with Crippen molar-refractivity contribution < 1.29 is 14.0 Å². The molecule has 6 nitrogen and oxygen atoms in total. The van der Waals surface area contributed by atoms with Crippen LogP contribution >= 0.6 is 15.9 Å². The molecule has 1 heterocycles. The van der Waals surface area contributed by atoms with E-state index < -0.39 is 6.03 Å². The monoisotopic (exact) mass is 379 g/mol. The van der Waals surface area contributed by atoms with Crippen LogP contribution in [-0.4, -0.2) is 18.5 Å². The second-order valence-corrected chi connectivity index (χ2v) is 5.78. The molecule has 1 aromatic carbocycles. The Morgan fingerprint density at radius 1 is 1.17 bits per heavy atom. The molecule has 1 unspecified atom stereocenters. The summed E-state index contributed by atoms with van der Waals surface area (Å²) >= 11 is 3.44. The van der Waals surface area contributed by atoms with Gasteiger partial charge in [-0.25, -0.2) is 4.79 Å². The Balaban J connectivity index is 1.72. The molecule has 122 valence electrons. The first-order valence-electron chi connectivity index (χ1n) is 7.14. The highest BCUT2D eigenvalue weighted by molar-refractivity contribution is 9.10. The van der Waals surface area contributed by atoms with Crippen LogP contribution in [0.1, 0.15) is 24.3 Å². The largest absolute Gasteiger partial charge is 0.467 e. The van der Waals surface area contributed by atoms with E-state index in [-0.39, 0.29) is 18.5 Å². The average molecular weight is 380 g/mol. The number of benzene rings is 1. The molecule has 0 radical (unpaired) electrons. The molecule has 0 spiro atoms. The topological polar surface area (TPSA) is 83.4 Å². The molecular weight excluding hydrogens is 362 g/mol. The molecule has 23 heavy (non-hydrogen) atoms. The van der Waals surface area contributed by atoms with E-state index >= 15 is 0 Å². The summed E-state index contributed by atoms with van der Waals surface area (Å²) in [5.74, 6) is 0.371. The first-order chi connectivity index (χ1) is 11.1. The number of furan rings is 1. The first kappa shape index (κ1) is 17.1. The van der Waals surface area contributed by atoms with Crippen molar-refractivity contribution in [3.63, 3.8) is 0 Å². The van der Waals surface area contributed by atoms with Crippen molar-refractivity contribution in [3.05, 3.63) is 58.5 Å². The Hall–Kier alpha value is -2.28. The predicted molar refractivity (Wildman–Crippen MR) is 89.6 cm³/mol. The quantitative estimate of drug-likeness (QED) is 0.721. The fraction of sp³-hybridized carbons (Fsp3) is 0.250. The number of carbonyl (C=O) groups excluding carboxylic acids is 2. The van der Waals surface area contributed by atoms with Gasteiger partial charge in [0.2, 0.25) is 5.91 Å². The van der Waals surface area contributed by atoms with E-state index in [1.807, 2.05) is 31.2 Å². The number of hydrogen-bond donors (Lipinski definition) is 3. The second kappa shape index (κ2) is 8.38. The molecule has 0 bridgehead atoms. The van der Waals surface area contributed by atoms with Crippen LogP contribution in [0.2, 0.25) is 0 Å². The van der Waals surface area contributed by atoms with Gasteiger partial charge in [0, 0.05) is 4.47 Å². The van der Waals surface area contributed by atoms with Gasteiger partial charge < -0.3 is 20.4 Å². The van der Waals surface area contributed by atoms with Crippen molar-refractivity contribution in [2.45, 2.75) is 19.5 Å². The first-order valence-corrected chi connectivity index (χ1v) is 7.93. The molecule has 0 fully saturated rings. The van der Waals surface area contributed by atoms with Gasteiger partial charge in [-0.15, -0.1) is 0 Å². The van der Waals surface area contributed by atoms with Gasteiger partial charge >= 0.3 is 6.03 Å². The normalized spacial score (nSPS) is 11.6. The number of rotatable bonds is 6. The van der Waals surface area contributed by atoms with Gasteiger partial charge in [0.25, 0.3) is 0 Å². The van der Waals surface area contributed by atoms with Crippen molar-refractivity contribution >= 4 is 27.9 Å². The highest BCUT2D eigenvalue weighted by atomic mass is 79.9. The standard InChI is InChI=1S/C16H18BrN3O3/c1-11(13-6-2-3-7-14(13)17)20-16(22)19-10-15(21)18-9-12-5-4-8-23-12/h2-8,11H,9-10H2,1H3,(H,18,21)(H2,19,20,22). The Kier molecular flexibility index (Phi) is 6.22. The Morgan fingerprint density at radius 3 is 2.65 bits per heavy atom. The zero-order valence-electron chi connectivity index (χ0n) is 12.6. The molecule has 2 aromatic rings. The lowest BCUT2D eigenvalue weighted by atomic mass is 10.1. The van der Waals surface area contributed by atoms with Crippen molar-refractivity contribution in [1.29, 1.82) is 0 Å². The molecule has 1 aromatic heterocycles. The summed E-state index contributed by atoms with van der Waals surface area (Å²) in [6, 6.07) is 10.6. The van der Waals surface area contributed by atoms with Crippen molar-refractivity contribution in [3.8, 4) is 0 Å². The lowest BCUT2D eigenvalue weighted by Gasteiger charge is -2.16. The van der Waals surface area contributed by atoms with Crippen molar-refractivity contribution in [2.24, 2.45) is 0 Å². The fourth-order valence-electron chi connectivity index (χ4n) is 1.97. The van der Waals surface area contributed by atoms with Crippen LogP contribution in [0.5, 0.6) is 0 Å². The zero-order chi connectivity index (χ0) is 16.7. The van der Waals surface area contributed by atoms with Crippen LogP contribution in [0.4, 0.5) is 4.79 Å². The Labute approximate surface area is 142 Å². The van der Waals surface area contributed by atoms with Crippen molar-refractivity contribution in [1.82, 2.24) is 16.0 Å². The second-order valence-electron chi connectivity index (χ2n) is 4.93. The molecule has 3 amide bonds. The van der Waals surface area contributed by atoms with Crippen LogP contribution in [0.15, 0.2) is 51.6 Å². The van der Waals surface area contributed by atoms with E-state index in [9.17, 15) is 9.59 Å². The minimum atomic E-state index is -0.401. The average Bonchev–Trinajstić information content (AvgIpc) is 3.04. The maximum atomic E-state index is 11.8. The van der Waals surface area contributed by atoms with E-state index in [0.717, 1.165) is 10.0 Å². The number of nitrogens with one attached hydrogen (secondary N) is 3. The van der Waals surface area contributed by atoms with Gasteiger partial charge in [-0.05, 0) is 30.7 Å². The summed E-state index contributed by atoms with van der Waals surface area (Å²) in [5.41, 5.74) is 0.963. The maximum absolute atomic E-state index is 11.8. The third-order valence-electron chi connectivity index (χ3n) is 3.17. The number of hydrogen-bond acceptors (Lipinski definition) is 3. The molecule has 0 aliphatic heterocycles. The Morgan fingerprint density at radius 2 is 1.96 bits per heavy atom. The van der Waals surface area contributed by atoms with Gasteiger partial charge in [-0.1, -0.05) is 34.1 Å². The summed E-state index contributed by atoms with van der Waals surface area (Å²) in [5, 5.41) is 7.96. The molecule has 0 saturated heterocycles.